The van der Waals surface area contributed by atoms with Gasteiger partial charge in [0.1, 0.15) is 23.7 Å². The summed E-state index contributed by atoms with van der Waals surface area (Å²) in [6.45, 7) is 3.64. The Kier molecular flexibility index (Phi) is 5.90. The number of nitrogen functional groups attached to an aromatic ring is 1. The Hall–Kier alpha value is -2.38. The lowest BCUT2D eigenvalue weighted by Crippen LogP contribution is -2.39. The number of phenols is 1. The van der Waals surface area contributed by atoms with Crippen LogP contribution in [-0.4, -0.2) is 47.4 Å². The Morgan fingerprint density at radius 3 is 2.88 bits per heavy atom. The molecule has 4 N–H and O–H groups in total. The molecule has 0 amide bonds. The zero-order valence-corrected chi connectivity index (χ0v) is 15.3. The second kappa shape index (κ2) is 8.33. The number of anilines is 2. The van der Waals surface area contributed by atoms with E-state index in [0.717, 1.165) is 37.3 Å². The molecule has 26 heavy (non-hydrogen) atoms. The van der Waals surface area contributed by atoms with Gasteiger partial charge >= 0.3 is 0 Å². The predicted molar refractivity (Wildman–Crippen MR) is 102 cm³/mol. The normalized spacial score (nSPS) is 21.1. The Bertz CT molecular complexity index is 727. The second-order valence-corrected chi connectivity index (χ2v) is 6.63. The summed E-state index contributed by atoms with van der Waals surface area (Å²) < 4.78 is 5.58. The number of aromatic nitrogens is 2. The summed E-state index contributed by atoms with van der Waals surface area (Å²) in [6.07, 6.45) is 3.44. The number of phenolic OH excluding ortho intramolecular Hbond substituents is 1. The van der Waals surface area contributed by atoms with E-state index in [1.807, 2.05) is 18.2 Å². The van der Waals surface area contributed by atoms with Crippen molar-refractivity contribution in [1.82, 2.24) is 15.3 Å². The second-order valence-electron chi connectivity index (χ2n) is 6.63. The van der Waals surface area contributed by atoms with Gasteiger partial charge in [-0.05, 0) is 18.9 Å². The third-order valence-electron chi connectivity index (χ3n) is 5.00. The smallest absolute Gasteiger partial charge is 0.134 e. The van der Waals surface area contributed by atoms with Gasteiger partial charge in [0.15, 0.2) is 0 Å². The maximum absolute atomic E-state index is 10.1. The van der Waals surface area contributed by atoms with Crippen LogP contribution in [0.25, 0.3) is 0 Å². The molecule has 0 saturated carbocycles. The summed E-state index contributed by atoms with van der Waals surface area (Å²) in [5, 5.41) is 13.7. The molecule has 2 aromatic rings. The van der Waals surface area contributed by atoms with Crippen molar-refractivity contribution < 1.29 is 9.84 Å². The summed E-state index contributed by atoms with van der Waals surface area (Å²) in [5.41, 5.74) is 6.75. The monoisotopic (exact) mass is 357 g/mol. The highest BCUT2D eigenvalue weighted by Crippen LogP contribution is 2.29. The molecule has 1 aromatic carbocycles. The molecule has 1 aromatic heterocycles. The van der Waals surface area contributed by atoms with Crippen LogP contribution >= 0.6 is 0 Å². The maximum Gasteiger partial charge on any atom is 0.134 e. The fourth-order valence-corrected chi connectivity index (χ4v) is 3.57. The topological polar surface area (TPSA) is 96.5 Å². The molecule has 1 saturated heterocycles. The molecule has 0 radical (unpaired) electrons. The maximum atomic E-state index is 10.1. The largest absolute Gasteiger partial charge is 0.508 e. The molecule has 7 heteroatoms. The highest BCUT2D eigenvalue weighted by Gasteiger charge is 2.33. The Labute approximate surface area is 154 Å². The first kappa shape index (κ1) is 18.4. The van der Waals surface area contributed by atoms with Crippen molar-refractivity contribution in [2.24, 2.45) is 0 Å². The van der Waals surface area contributed by atoms with Gasteiger partial charge in [-0.25, -0.2) is 9.97 Å². The number of para-hydroxylation sites is 1. The summed E-state index contributed by atoms with van der Waals surface area (Å²) in [6, 6.07) is 9.60. The predicted octanol–water partition coefficient (Wildman–Crippen LogP) is 2.10. The van der Waals surface area contributed by atoms with E-state index in [4.69, 9.17) is 10.5 Å². The van der Waals surface area contributed by atoms with Gasteiger partial charge in [-0.15, -0.1) is 0 Å². The lowest BCUT2D eigenvalue weighted by Gasteiger charge is -2.28. The molecule has 1 aliphatic heterocycles. The van der Waals surface area contributed by atoms with Crippen LogP contribution in [0.3, 0.4) is 0 Å². The fourth-order valence-electron chi connectivity index (χ4n) is 3.57. The minimum Gasteiger partial charge on any atom is -0.508 e. The molecule has 0 aliphatic carbocycles. The first-order valence-electron chi connectivity index (χ1n) is 9.00. The van der Waals surface area contributed by atoms with Crippen molar-refractivity contribution in [2.75, 3.05) is 30.8 Å². The van der Waals surface area contributed by atoms with Gasteiger partial charge in [-0.2, -0.15) is 0 Å². The van der Waals surface area contributed by atoms with Gasteiger partial charge in [0.2, 0.25) is 0 Å². The van der Waals surface area contributed by atoms with E-state index in [-0.39, 0.29) is 18.2 Å². The van der Waals surface area contributed by atoms with Crippen LogP contribution < -0.4 is 16.0 Å². The number of benzene rings is 1. The number of rotatable bonds is 7. The van der Waals surface area contributed by atoms with E-state index in [9.17, 15) is 5.11 Å². The van der Waals surface area contributed by atoms with Crippen molar-refractivity contribution in [3.63, 3.8) is 0 Å². The number of hydrogen-bond acceptors (Lipinski definition) is 7. The Morgan fingerprint density at radius 2 is 2.19 bits per heavy atom. The van der Waals surface area contributed by atoms with Crippen LogP contribution in [0.15, 0.2) is 36.7 Å². The lowest BCUT2D eigenvalue weighted by atomic mass is 10.0. The number of nitrogens with one attached hydrogen (secondary N) is 1. The standard InChI is InChI=1S/C19H27N5O2/c1-3-16(15-6-4-5-7-17(15)25)21-10-13-8-14(26-2)11-24(13)19-9-18(20)22-12-23-19/h4-7,9,12-14,16,21,25H,3,8,10-11H2,1-2H3,(H2,20,22,23)/t13-,14-,16?/m1/s1. The molecule has 1 fully saturated rings. The van der Waals surface area contributed by atoms with Crippen LogP contribution in [0, 0.1) is 0 Å². The molecular formula is C19H27N5O2. The number of hydrogen-bond donors (Lipinski definition) is 3. The quantitative estimate of drug-likeness (QED) is 0.698. The van der Waals surface area contributed by atoms with Crippen molar-refractivity contribution in [1.29, 1.82) is 0 Å². The van der Waals surface area contributed by atoms with Crippen LogP contribution in [0.1, 0.15) is 31.4 Å². The van der Waals surface area contributed by atoms with Crippen LogP contribution in [0.5, 0.6) is 5.75 Å². The number of ether oxygens (including phenoxy) is 1. The number of aromatic hydroxyl groups is 1. The SMILES string of the molecule is CCC(NC[C@H]1C[C@@H](OC)CN1c1cc(N)ncn1)c1ccccc1O. The average molecular weight is 357 g/mol. The van der Waals surface area contributed by atoms with Crippen LogP contribution in [0.4, 0.5) is 11.6 Å². The first-order chi connectivity index (χ1) is 12.6. The van der Waals surface area contributed by atoms with Crippen LogP contribution in [-0.2, 0) is 4.74 Å². The number of nitrogens with two attached hydrogens (primary N) is 1. The molecule has 3 atom stereocenters. The van der Waals surface area contributed by atoms with Crippen molar-refractivity contribution in [2.45, 2.75) is 38.0 Å². The minimum absolute atomic E-state index is 0.0927. The van der Waals surface area contributed by atoms with E-state index in [1.165, 1.54) is 6.33 Å². The van der Waals surface area contributed by atoms with Crippen molar-refractivity contribution >= 4 is 11.6 Å². The molecule has 7 nitrogen and oxygen atoms in total. The number of methoxy groups -OCH3 is 1. The highest BCUT2D eigenvalue weighted by molar-refractivity contribution is 5.48. The van der Waals surface area contributed by atoms with E-state index < -0.39 is 0 Å². The highest BCUT2D eigenvalue weighted by atomic mass is 16.5. The number of nitrogens with zero attached hydrogens (tertiary/aromatic N) is 3. The summed E-state index contributed by atoms with van der Waals surface area (Å²) in [4.78, 5) is 10.6. The first-order valence-corrected chi connectivity index (χ1v) is 9.00. The molecule has 0 bridgehead atoms. The Morgan fingerprint density at radius 1 is 1.38 bits per heavy atom. The lowest BCUT2D eigenvalue weighted by molar-refractivity contribution is 0.118. The van der Waals surface area contributed by atoms with Crippen molar-refractivity contribution in [3.8, 4) is 5.75 Å². The van der Waals surface area contributed by atoms with Crippen molar-refractivity contribution in [3.05, 3.63) is 42.2 Å². The van der Waals surface area contributed by atoms with Gasteiger partial charge < -0.3 is 25.8 Å². The molecule has 1 aliphatic rings. The van der Waals surface area contributed by atoms with Crippen LogP contribution in [0.2, 0.25) is 0 Å². The molecule has 1 unspecified atom stereocenters. The average Bonchev–Trinajstić information content (AvgIpc) is 3.07. The zero-order valence-electron chi connectivity index (χ0n) is 15.3. The van der Waals surface area contributed by atoms with Gasteiger partial charge in [0.25, 0.3) is 0 Å². The molecule has 2 heterocycles. The Balaban J connectivity index is 1.72. The summed E-state index contributed by atoms with van der Waals surface area (Å²) in [7, 11) is 1.74. The van der Waals surface area contributed by atoms with Gasteiger partial charge in [0, 0.05) is 43.9 Å². The van der Waals surface area contributed by atoms with Gasteiger partial charge in [0.05, 0.1) is 6.10 Å². The zero-order chi connectivity index (χ0) is 18.5. The van der Waals surface area contributed by atoms with E-state index in [0.29, 0.717) is 11.6 Å². The molecule has 3 rings (SSSR count). The van der Waals surface area contributed by atoms with Gasteiger partial charge in [-0.1, -0.05) is 25.1 Å². The third-order valence-corrected chi connectivity index (χ3v) is 5.00. The minimum atomic E-state index is 0.0927. The van der Waals surface area contributed by atoms with E-state index in [1.54, 1.807) is 19.2 Å². The molecule has 0 spiro atoms. The summed E-state index contributed by atoms with van der Waals surface area (Å²) in [5.74, 6) is 1.61. The van der Waals surface area contributed by atoms with Gasteiger partial charge in [-0.3, -0.25) is 0 Å². The fraction of sp³-hybridized carbons (Fsp3) is 0.474. The van der Waals surface area contributed by atoms with E-state index >= 15 is 0 Å². The molecular weight excluding hydrogens is 330 g/mol. The summed E-state index contributed by atoms with van der Waals surface area (Å²) >= 11 is 0. The van der Waals surface area contributed by atoms with E-state index in [2.05, 4.69) is 27.1 Å². The third kappa shape index (κ3) is 4.05. The molecule has 140 valence electrons.